The van der Waals surface area contributed by atoms with Crippen molar-refractivity contribution in [1.82, 2.24) is 0 Å². The summed E-state index contributed by atoms with van der Waals surface area (Å²) in [6.07, 6.45) is 0. The zero-order valence-electron chi connectivity index (χ0n) is 9.60. The normalized spacial score (nSPS) is 10.4. The van der Waals surface area contributed by atoms with Gasteiger partial charge >= 0.3 is 0 Å². The van der Waals surface area contributed by atoms with E-state index < -0.39 is 5.82 Å². The predicted octanol–water partition coefficient (Wildman–Crippen LogP) is 4.77. The van der Waals surface area contributed by atoms with Gasteiger partial charge in [-0.25, -0.2) is 4.39 Å². The van der Waals surface area contributed by atoms with Crippen molar-refractivity contribution in [2.45, 2.75) is 6.92 Å². The second-order valence-corrected chi connectivity index (χ2v) is 4.77. The third-order valence-electron chi connectivity index (χ3n) is 2.48. The van der Waals surface area contributed by atoms with Crippen LogP contribution in [0.3, 0.4) is 0 Å². The van der Waals surface area contributed by atoms with Crippen molar-refractivity contribution < 1.29 is 4.39 Å². The van der Waals surface area contributed by atoms with E-state index in [1.165, 1.54) is 12.1 Å². The lowest BCUT2D eigenvalue weighted by Crippen LogP contribution is -1.98. The van der Waals surface area contributed by atoms with E-state index in [2.05, 4.69) is 5.32 Å². The highest BCUT2D eigenvalue weighted by atomic mass is 35.5. The van der Waals surface area contributed by atoms with Crippen LogP contribution in [0.2, 0.25) is 10.0 Å². The molecule has 0 saturated carbocycles. The monoisotopic (exact) mass is 284 g/mol. The molecule has 2 nitrogen and oxygen atoms in total. The quantitative estimate of drug-likeness (QED) is 0.780. The maximum Gasteiger partial charge on any atom is 0.126 e. The number of nitrogens with two attached hydrogens (primary N) is 1. The van der Waals surface area contributed by atoms with Crippen molar-refractivity contribution in [2.75, 3.05) is 11.1 Å². The highest BCUT2D eigenvalue weighted by molar-refractivity contribution is 6.39. The SMILES string of the molecule is Cc1ccc(N)c(Nc2c(Cl)cc(F)cc2Cl)c1. The van der Waals surface area contributed by atoms with Crippen LogP contribution in [0.4, 0.5) is 21.5 Å². The highest BCUT2D eigenvalue weighted by Crippen LogP contribution is 2.35. The first-order valence-electron chi connectivity index (χ1n) is 5.25. The number of nitrogen functional groups attached to an aromatic ring is 1. The zero-order chi connectivity index (χ0) is 13.3. The topological polar surface area (TPSA) is 38.0 Å². The Balaban J connectivity index is 2.43. The third kappa shape index (κ3) is 2.68. The molecule has 18 heavy (non-hydrogen) atoms. The van der Waals surface area contributed by atoms with E-state index in [-0.39, 0.29) is 10.0 Å². The first kappa shape index (κ1) is 13.0. The van der Waals surface area contributed by atoms with Crippen LogP contribution in [0.25, 0.3) is 0 Å². The number of hydrogen-bond donors (Lipinski definition) is 2. The number of nitrogens with one attached hydrogen (secondary N) is 1. The van der Waals surface area contributed by atoms with E-state index in [0.29, 0.717) is 17.1 Å². The maximum absolute atomic E-state index is 13.1. The smallest absolute Gasteiger partial charge is 0.126 e. The van der Waals surface area contributed by atoms with Crippen molar-refractivity contribution in [3.05, 3.63) is 51.8 Å². The number of anilines is 3. The largest absolute Gasteiger partial charge is 0.397 e. The van der Waals surface area contributed by atoms with Gasteiger partial charge in [0.05, 0.1) is 27.1 Å². The van der Waals surface area contributed by atoms with Crippen LogP contribution in [0.1, 0.15) is 5.56 Å². The van der Waals surface area contributed by atoms with Gasteiger partial charge in [0.15, 0.2) is 0 Å². The van der Waals surface area contributed by atoms with Gasteiger partial charge in [0.1, 0.15) is 5.82 Å². The molecule has 2 aromatic carbocycles. The summed E-state index contributed by atoms with van der Waals surface area (Å²) in [5, 5.41) is 3.44. The second kappa shape index (κ2) is 5.04. The fraction of sp³-hybridized carbons (Fsp3) is 0.0769. The van der Waals surface area contributed by atoms with Crippen molar-refractivity contribution in [1.29, 1.82) is 0 Å². The van der Waals surface area contributed by atoms with Crippen LogP contribution in [0.15, 0.2) is 30.3 Å². The van der Waals surface area contributed by atoms with Crippen LogP contribution in [0.5, 0.6) is 0 Å². The van der Waals surface area contributed by atoms with Gasteiger partial charge < -0.3 is 11.1 Å². The van der Waals surface area contributed by atoms with Crippen LogP contribution in [0, 0.1) is 12.7 Å². The second-order valence-electron chi connectivity index (χ2n) is 3.96. The molecule has 0 amide bonds. The molecule has 0 atom stereocenters. The van der Waals surface area contributed by atoms with Crippen LogP contribution in [-0.4, -0.2) is 0 Å². The van der Waals surface area contributed by atoms with Gasteiger partial charge in [0.2, 0.25) is 0 Å². The Morgan fingerprint density at radius 2 is 1.72 bits per heavy atom. The molecule has 0 spiro atoms. The summed E-state index contributed by atoms with van der Waals surface area (Å²) >= 11 is 11.9. The summed E-state index contributed by atoms with van der Waals surface area (Å²) in [7, 11) is 0. The van der Waals surface area contributed by atoms with Gasteiger partial charge in [-0.1, -0.05) is 29.3 Å². The average molecular weight is 285 g/mol. The van der Waals surface area contributed by atoms with E-state index in [0.717, 1.165) is 5.56 Å². The van der Waals surface area contributed by atoms with Crippen molar-refractivity contribution in [3.8, 4) is 0 Å². The molecule has 0 unspecified atom stereocenters. The maximum atomic E-state index is 13.1. The molecule has 0 aromatic heterocycles. The number of hydrogen-bond acceptors (Lipinski definition) is 2. The summed E-state index contributed by atoms with van der Waals surface area (Å²) < 4.78 is 13.1. The van der Waals surface area contributed by atoms with Gasteiger partial charge in [-0.15, -0.1) is 0 Å². The number of aryl methyl sites for hydroxylation is 1. The first-order chi connectivity index (χ1) is 8.47. The molecule has 0 aliphatic rings. The van der Waals surface area contributed by atoms with Crippen LogP contribution < -0.4 is 11.1 Å². The van der Waals surface area contributed by atoms with Crippen LogP contribution >= 0.6 is 23.2 Å². The number of rotatable bonds is 2. The van der Waals surface area contributed by atoms with Gasteiger partial charge in [-0.2, -0.15) is 0 Å². The lowest BCUT2D eigenvalue weighted by molar-refractivity contribution is 0.628. The summed E-state index contributed by atoms with van der Waals surface area (Å²) in [6, 6.07) is 7.94. The Bertz CT molecular complexity index is 577. The molecule has 0 fully saturated rings. The van der Waals surface area contributed by atoms with Crippen molar-refractivity contribution >= 4 is 40.3 Å². The molecule has 3 N–H and O–H groups in total. The molecule has 94 valence electrons. The van der Waals surface area contributed by atoms with E-state index in [9.17, 15) is 4.39 Å². The molecular weight excluding hydrogens is 274 g/mol. The lowest BCUT2D eigenvalue weighted by atomic mass is 10.2. The summed E-state index contributed by atoms with van der Waals surface area (Å²) in [6.45, 7) is 1.94. The predicted molar refractivity (Wildman–Crippen MR) is 75.3 cm³/mol. The Labute approximate surface area is 115 Å². The molecule has 0 saturated heterocycles. The summed E-state index contributed by atoms with van der Waals surface area (Å²) in [5.74, 6) is -0.479. The van der Waals surface area contributed by atoms with Crippen molar-refractivity contribution in [2.24, 2.45) is 0 Å². The third-order valence-corrected chi connectivity index (χ3v) is 3.07. The van der Waals surface area contributed by atoms with E-state index in [4.69, 9.17) is 28.9 Å². The van der Waals surface area contributed by atoms with Gasteiger partial charge in [0.25, 0.3) is 0 Å². The molecule has 0 aliphatic heterocycles. The van der Waals surface area contributed by atoms with Crippen molar-refractivity contribution in [3.63, 3.8) is 0 Å². The van der Waals surface area contributed by atoms with Gasteiger partial charge in [0, 0.05) is 0 Å². The van der Waals surface area contributed by atoms with E-state index in [1.807, 2.05) is 19.1 Å². The Kier molecular flexibility index (Phi) is 3.64. The minimum Gasteiger partial charge on any atom is -0.397 e. The number of halogens is 3. The molecule has 0 aliphatic carbocycles. The standard InChI is InChI=1S/C13H11Cl2FN2/c1-7-2-3-11(17)12(4-7)18-13-9(14)5-8(16)6-10(13)15/h2-6,18H,17H2,1H3. The van der Waals surface area contributed by atoms with Crippen LogP contribution in [-0.2, 0) is 0 Å². The summed E-state index contributed by atoms with van der Waals surface area (Å²) in [4.78, 5) is 0. The highest BCUT2D eigenvalue weighted by Gasteiger charge is 2.10. The fourth-order valence-corrected chi connectivity index (χ4v) is 2.13. The minimum absolute atomic E-state index is 0.209. The molecule has 0 heterocycles. The first-order valence-corrected chi connectivity index (χ1v) is 6.00. The molecule has 2 aromatic rings. The van der Waals surface area contributed by atoms with Gasteiger partial charge in [-0.05, 0) is 36.8 Å². The average Bonchev–Trinajstić information content (AvgIpc) is 2.28. The fourth-order valence-electron chi connectivity index (χ4n) is 1.57. The molecule has 2 rings (SSSR count). The van der Waals surface area contributed by atoms with E-state index in [1.54, 1.807) is 6.07 Å². The molecule has 0 bridgehead atoms. The summed E-state index contributed by atoms with van der Waals surface area (Å²) in [5.41, 5.74) is 8.58. The van der Waals surface area contributed by atoms with Gasteiger partial charge in [-0.3, -0.25) is 0 Å². The van der Waals surface area contributed by atoms with E-state index >= 15 is 0 Å². The Hall–Kier alpha value is -1.45. The molecule has 5 heteroatoms. The number of benzene rings is 2. The minimum atomic E-state index is -0.479. The lowest BCUT2D eigenvalue weighted by Gasteiger charge is -2.13. The molecular formula is C13H11Cl2FN2. The molecule has 0 radical (unpaired) electrons. The zero-order valence-corrected chi connectivity index (χ0v) is 11.1. The Morgan fingerprint density at radius 1 is 1.11 bits per heavy atom. The Morgan fingerprint density at radius 3 is 2.33 bits per heavy atom.